The zero-order chi connectivity index (χ0) is 15.6. The molecule has 9 nitrogen and oxygen atoms in total. The van der Waals surface area contributed by atoms with E-state index >= 15 is 0 Å². The molecule has 1 aromatic carbocycles. The Bertz CT molecular complexity index is 742. The van der Waals surface area contributed by atoms with Crippen LogP contribution in [0, 0.1) is 10.1 Å². The maximum Gasteiger partial charge on any atom is 0.354 e. The van der Waals surface area contributed by atoms with Crippen molar-refractivity contribution in [1.29, 1.82) is 0 Å². The fourth-order valence-corrected chi connectivity index (χ4v) is 1.74. The minimum absolute atomic E-state index is 0.0796. The van der Waals surface area contributed by atoms with Crippen LogP contribution in [0.1, 0.15) is 21.0 Å². The molecule has 0 aliphatic rings. The van der Waals surface area contributed by atoms with Crippen molar-refractivity contribution in [3.63, 3.8) is 0 Å². The van der Waals surface area contributed by atoms with Gasteiger partial charge in [-0.15, -0.1) is 0 Å². The number of aromatic nitrogens is 2. The Morgan fingerprint density at radius 3 is 2.76 bits per heavy atom. The third-order valence-electron chi connectivity index (χ3n) is 2.47. The number of nitrogens with one attached hydrogen (secondary N) is 2. The maximum absolute atomic E-state index is 11.9. The number of carbonyl (C=O) groups excluding carboxylic acids is 1. The van der Waals surface area contributed by atoms with Gasteiger partial charge in [0.25, 0.3) is 11.6 Å². The monoisotopic (exact) mass is 310 g/mol. The number of carboxylic acid groups (broad SMARTS) is 1. The molecular formula is C11H7ClN4O5. The summed E-state index contributed by atoms with van der Waals surface area (Å²) >= 11 is 5.64. The van der Waals surface area contributed by atoms with Gasteiger partial charge in [0.2, 0.25) is 0 Å². The van der Waals surface area contributed by atoms with Crippen molar-refractivity contribution in [3.05, 3.63) is 51.1 Å². The number of hydrogen-bond acceptors (Lipinski definition) is 5. The second-order valence-electron chi connectivity index (χ2n) is 3.81. The highest BCUT2D eigenvalue weighted by Gasteiger charge is 2.21. The number of carboxylic acids is 1. The lowest BCUT2D eigenvalue weighted by atomic mass is 10.2. The van der Waals surface area contributed by atoms with Crippen LogP contribution in [0.3, 0.4) is 0 Å². The molecule has 0 spiro atoms. The fraction of sp³-hybridized carbons (Fsp3) is 0. The Morgan fingerprint density at radius 1 is 1.43 bits per heavy atom. The van der Waals surface area contributed by atoms with E-state index in [0.717, 1.165) is 12.4 Å². The van der Waals surface area contributed by atoms with E-state index in [1.54, 1.807) is 0 Å². The summed E-state index contributed by atoms with van der Waals surface area (Å²) in [6, 6.07) is 3.66. The van der Waals surface area contributed by atoms with Crippen LogP contribution in [-0.2, 0) is 0 Å². The number of H-pyrrole nitrogens is 1. The van der Waals surface area contributed by atoms with Gasteiger partial charge in [-0.1, -0.05) is 11.6 Å². The lowest BCUT2D eigenvalue weighted by Crippen LogP contribution is -2.16. The lowest BCUT2D eigenvalue weighted by molar-refractivity contribution is -0.384. The first-order valence-electron chi connectivity index (χ1n) is 5.42. The first-order valence-corrected chi connectivity index (χ1v) is 5.80. The van der Waals surface area contributed by atoms with Crippen LogP contribution < -0.4 is 5.32 Å². The van der Waals surface area contributed by atoms with Crippen molar-refractivity contribution in [2.24, 2.45) is 0 Å². The number of carbonyl (C=O) groups is 2. The van der Waals surface area contributed by atoms with E-state index in [-0.39, 0.29) is 27.8 Å². The number of nitro groups is 1. The molecule has 0 fully saturated rings. The Balaban J connectivity index is 2.28. The van der Waals surface area contributed by atoms with Crippen molar-refractivity contribution in [2.75, 3.05) is 5.32 Å². The van der Waals surface area contributed by atoms with Crippen molar-refractivity contribution in [2.45, 2.75) is 0 Å². The van der Waals surface area contributed by atoms with Crippen LogP contribution in [0.25, 0.3) is 0 Å². The third kappa shape index (κ3) is 2.98. The number of aromatic carboxylic acids is 1. The Hall–Kier alpha value is -2.94. The average molecular weight is 311 g/mol. The molecular weight excluding hydrogens is 304 g/mol. The largest absolute Gasteiger partial charge is 0.477 e. The number of halogens is 1. The molecule has 10 heteroatoms. The van der Waals surface area contributed by atoms with Gasteiger partial charge in [0, 0.05) is 11.8 Å². The second-order valence-corrected chi connectivity index (χ2v) is 4.22. The summed E-state index contributed by atoms with van der Waals surface area (Å²) in [6.07, 6.45) is 1.06. The van der Waals surface area contributed by atoms with Gasteiger partial charge in [0.1, 0.15) is 5.02 Å². The molecule has 0 unspecified atom stereocenters. The fourth-order valence-electron chi connectivity index (χ4n) is 1.55. The number of amides is 1. The smallest absolute Gasteiger partial charge is 0.354 e. The van der Waals surface area contributed by atoms with Gasteiger partial charge in [0.05, 0.1) is 11.3 Å². The average Bonchev–Trinajstić information content (AvgIpc) is 2.90. The molecule has 0 radical (unpaired) electrons. The third-order valence-corrected chi connectivity index (χ3v) is 2.79. The summed E-state index contributed by atoms with van der Waals surface area (Å²) in [5.74, 6) is -2.16. The normalized spacial score (nSPS) is 10.1. The number of anilines is 1. The summed E-state index contributed by atoms with van der Waals surface area (Å²) in [7, 11) is 0. The Kier molecular flexibility index (Phi) is 3.85. The molecule has 2 rings (SSSR count). The standard InChI is InChI=1S/C11H7ClN4O5/c12-6-2-1-5(3-7(6)16(20)21)15-10(17)8-9(11(18)19)14-4-13-8/h1-4H,(H,13,14)(H,15,17)(H,18,19). The van der Waals surface area contributed by atoms with Crippen molar-refractivity contribution >= 4 is 34.9 Å². The summed E-state index contributed by atoms with van der Waals surface area (Å²) in [5.41, 5.74) is -0.999. The van der Waals surface area contributed by atoms with E-state index in [2.05, 4.69) is 15.3 Å². The topological polar surface area (TPSA) is 138 Å². The molecule has 21 heavy (non-hydrogen) atoms. The molecule has 1 heterocycles. The first-order chi connectivity index (χ1) is 9.90. The number of aromatic amines is 1. The van der Waals surface area contributed by atoms with Crippen LogP contribution in [0.5, 0.6) is 0 Å². The number of rotatable bonds is 4. The summed E-state index contributed by atoms with van der Waals surface area (Å²) in [5, 5.41) is 21.8. The first kappa shape index (κ1) is 14.5. The number of hydrogen-bond donors (Lipinski definition) is 3. The molecule has 3 N–H and O–H groups in total. The molecule has 2 aromatic rings. The highest BCUT2D eigenvalue weighted by molar-refractivity contribution is 6.32. The van der Waals surface area contributed by atoms with E-state index in [0.29, 0.717) is 0 Å². The number of benzene rings is 1. The minimum atomic E-state index is -1.35. The number of nitrogens with zero attached hydrogens (tertiary/aromatic N) is 2. The predicted octanol–water partition coefficient (Wildman–Crippen LogP) is 1.92. The molecule has 0 bridgehead atoms. The Labute approximate surface area is 121 Å². The summed E-state index contributed by atoms with van der Waals surface area (Å²) in [4.78, 5) is 38.7. The summed E-state index contributed by atoms with van der Waals surface area (Å²) in [6.45, 7) is 0. The van der Waals surface area contributed by atoms with E-state index in [1.165, 1.54) is 12.1 Å². The van der Waals surface area contributed by atoms with Crippen LogP contribution in [-0.4, -0.2) is 31.9 Å². The van der Waals surface area contributed by atoms with Crippen molar-refractivity contribution in [3.8, 4) is 0 Å². The minimum Gasteiger partial charge on any atom is -0.477 e. The number of imidazole rings is 1. The van der Waals surface area contributed by atoms with Crippen LogP contribution in [0.2, 0.25) is 5.02 Å². The van der Waals surface area contributed by atoms with Gasteiger partial charge in [-0.05, 0) is 12.1 Å². The van der Waals surface area contributed by atoms with Gasteiger partial charge in [-0.25, -0.2) is 9.78 Å². The zero-order valence-corrected chi connectivity index (χ0v) is 10.9. The molecule has 0 saturated heterocycles. The molecule has 108 valence electrons. The van der Waals surface area contributed by atoms with Crippen molar-refractivity contribution < 1.29 is 19.6 Å². The van der Waals surface area contributed by atoms with E-state index < -0.39 is 16.8 Å². The quantitative estimate of drug-likeness (QED) is 0.582. The van der Waals surface area contributed by atoms with Crippen molar-refractivity contribution in [1.82, 2.24) is 9.97 Å². The van der Waals surface area contributed by atoms with Crippen LogP contribution in [0.15, 0.2) is 24.5 Å². The molecule has 0 aliphatic heterocycles. The van der Waals surface area contributed by atoms with Gasteiger partial charge in [-0.2, -0.15) is 0 Å². The zero-order valence-electron chi connectivity index (χ0n) is 10.2. The highest BCUT2D eigenvalue weighted by atomic mass is 35.5. The van der Waals surface area contributed by atoms with E-state index in [9.17, 15) is 19.7 Å². The molecule has 0 atom stereocenters. The molecule has 0 aliphatic carbocycles. The van der Waals surface area contributed by atoms with Gasteiger partial charge >= 0.3 is 5.97 Å². The second kappa shape index (κ2) is 5.59. The molecule has 1 aromatic heterocycles. The molecule has 0 saturated carbocycles. The van der Waals surface area contributed by atoms with E-state index in [4.69, 9.17) is 16.7 Å². The number of nitro benzene ring substituents is 1. The lowest BCUT2D eigenvalue weighted by Gasteiger charge is -2.04. The summed E-state index contributed by atoms with van der Waals surface area (Å²) < 4.78 is 0. The maximum atomic E-state index is 11.9. The van der Waals surface area contributed by atoms with Gasteiger partial charge in [0.15, 0.2) is 11.4 Å². The van der Waals surface area contributed by atoms with Crippen LogP contribution >= 0.6 is 11.6 Å². The Morgan fingerprint density at radius 2 is 2.14 bits per heavy atom. The van der Waals surface area contributed by atoms with Gasteiger partial charge in [-0.3, -0.25) is 14.9 Å². The predicted molar refractivity (Wildman–Crippen MR) is 71.6 cm³/mol. The SMILES string of the molecule is O=C(Nc1ccc(Cl)c([N+](=O)[O-])c1)c1nc[nH]c1C(=O)O. The van der Waals surface area contributed by atoms with Crippen LogP contribution in [0.4, 0.5) is 11.4 Å². The van der Waals surface area contributed by atoms with Gasteiger partial charge < -0.3 is 15.4 Å². The highest BCUT2D eigenvalue weighted by Crippen LogP contribution is 2.27. The van der Waals surface area contributed by atoms with E-state index in [1.807, 2.05) is 0 Å². The molecule has 1 amide bonds.